The molecule has 1 N–H and O–H groups in total. The van der Waals surface area contributed by atoms with Gasteiger partial charge in [-0.15, -0.1) is 0 Å². The zero-order valence-electron chi connectivity index (χ0n) is 10.00. The Labute approximate surface area is 114 Å². The highest BCUT2D eigenvalue weighted by Gasteiger charge is 2.23. The molecule has 3 rings (SSSR count). The van der Waals surface area contributed by atoms with E-state index in [4.69, 9.17) is 0 Å². The average molecular weight is 312 g/mol. The Kier molecular flexibility index (Phi) is 3.24. The molecule has 3 nitrogen and oxygen atoms in total. The van der Waals surface area contributed by atoms with E-state index in [1.807, 2.05) is 0 Å². The van der Waals surface area contributed by atoms with Crippen molar-refractivity contribution in [3.63, 3.8) is 0 Å². The molecule has 18 heavy (non-hydrogen) atoms. The van der Waals surface area contributed by atoms with Gasteiger partial charge < -0.3 is 9.88 Å². The fraction of sp³-hybridized carbons (Fsp3) is 0.462. The van der Waals surface area contributed by atoms with Gasteiger partial charge in [-0.05, 0) is 37.5 Å². The van der Waals surface area contributed by atoms with Crippen LogP contribution in [0.15, 0.2) is 18.2 Å². The normalized spacial score (nSPS) is 20.6. The number of fused-ring (bicyclic) bond motifs is 1. The fourth-order valence-corrected chi connectivity index (χ4v) is 3.22. The topological polar surface area (TPSA) is 31.9 Å². The largest absolute Gasteiger partial charge is 0.339 e. The lowest BCUT2D eigenvalue weighted by molar-refractivity contribution is 0.485. The first-order chi connectivity index (χ1) is 8.78. The summed E-state index contributed by atoms with van der Waals surface area (Å²) in [5, 5.41) is 0.943. The molecule has 1 aliphatic heterocycles. The lowest BCUT2D eigenvalue weighted by atomic mass is 10.0. The maximum atomic E-state index is 13.2. The number of rotatable bonds is 2. The molecular weight excluding hydrogens is 297 g/mol. The highest BCUT2D eigenvalue weighted by Crippen LogP contribution is 2.25. The molecule has 1 unspecified atom stereocenters. The second-order valence-corrected chi connectivity index (χ2v) is 5.37. The van der Waals surface area contributed by atoms with Gasteiger partial charge in [-0.2, -0.15) is 0 Å². The average Bonchev–Trinajstić information content (AvgIpc) is 2.81. The van der Waals surface area contributed by atoms with Crippen LogP contribution in [0.3, 0.4) is 0 Å². The molecule has 2 heterocycles. The van der Waals surface area contributed by atoms with Crippen molar-refractivity contribution in [3.05, 3.63) is 24.0 Å². The van der Waals surface area contributed by atoms with E-state index in [0.717, 1.165) is 28.9 Å². The third-order valence-electron chi connectivity index (χ3n) is 3.51. The molecule has 0 radical (unpaired) electrons. The molecule has 0 aliphatic carbocycles. The van der Waals surface area contributed by atoms with Crippen molar-refractivity contribution < 1.29 is 4.39 Å². The zero-order chi connectivity index (χ0) is 12.5. The van der Waals surface area contributed by atoms with Crippen molar-refractivity contribution in [3.8, 4) is 0 Å². The zero-order valence-corrected chi connectivity index (χ0v) is 11.6. The summed E-state index contributed by atoms with van der Waals surface area (Å²) in [7, 11) is 0. The van der Waals surface area contributed by atoms with E-state index in [0.29, 0.717) is 6.04 Å². The van der Waals surface area contributed by atoms with Crippen LogP contribution in [-0.2, 0) is 0 Å². The summed E-state index contributed by atoms with van der Waals surface area (Å²) < 4.78 is 13.2. The van der Waals surface area contributed by atoms with Gasteiger partial charge in [0.15, 0.2) is 0 Å². The van der Waals surface area contributed by atoms with E-state index < -0.39 is 0 Å². The first-order valence-electron chi connectivity index (χ1n) is 6.26. The van der Waals surface area contributed by atoms with Crippen molar-refractivity contribution in [2.45, 2.75) is 25.3 Å². The van der Waals surface area contributed by atoms with Crippen LogP contribution in [0.5, 0.6) is 0 Å². The Morgan fingerprint density at radius 3 is 3.17 bits per heavy atom. The minimum absolute atomic E-state index is 0.228. The second kappa shape index (κ2) is 4.88. The minimum atomic E-state index is -0.228. The van der Waals surface area contributed by atoms with Gasteiger partial charge in [0, 0.05) is 17.9 Å². The number of hydrogen-bond acceptors (Lipinski definition) is 2. The molecular formula is C13H15BrFN3. The number of hydrogen-bond donors (Lipinski definition) is 1. The molecule has 1 aromatic carbocycles. The van der Waals surface area contributed by atoms with E-state index in [1.54, 1.807) is 6.07 Å². The molecule has 1 fully saturated rings. The number of nitrogens with one attached hydrogen (secondary N) is 1. The van der Waals surface area contributed by atoms with Crippen molar-refractivity contribution in [2.24, 2.45) is 0 Å². The number of benzene rings is 1. The number of alkyl halides is 1. The first-order valence-corrected chi connectivity index (χ1v) is 7.38. The van der Waals surface area contributed by atoms with E-state index in [2.05, 4.69) is 30.8 Å². The Bertz CT molecular complexity index is 554. The van der Waals surface area contributed by atoms with Crippen molar-refractivity contribution in [1.29, 1.82) is 0 Å². The highest BCUT2D eigenvalue weighted by molar-refractivity contribution is 9.09. The number of halogens is 2. The summed E-state index contributed by atoms with van der Waals surface area (Å²) in [4.78, 5) is 10.1. The van der Waals surface area contributed by atoms with Crippen LogP contribution >= 0.6 is 15.9 Å². The van der Waals surface area contributed by atoms with Gasteiger partial charge in [-0.1, -0.05) is 15.9 Å². The smallest absolute Gasteiger partial charge is 0.204 e. The van der Waals surface area contributed by atoms with E-state index >= 15 is 0 Å². The van der Waals surface area contributed by atoms with Gasteiger partial charge in [0.25, 0.3) is 0 Å². The third kappa shape index (κ3) is 2.11. The van der Waals surface area contributed by atoms with E-state index in [9.17, 15) is 4.39 Å². The van der Waals surface area contributed by atoms with Gasteiger partial charge in [0.05, 0.1) is 11.0 Å². The third-order valence-corrected chi connectivity index (χ3v) is 4.26. The van der Waals surface area contributed by atoms with Crippen LogP contribution in [0.4, 0.5) is 10.3 Å². The lowest BCUT2D eigenvalue weighted by Gasteiger charge is -2.34. The molecule has 5 heteroatoms. The number of nitrogens with zero attached hydrogens (tertiary/aromatic N) is 2. The van der Waals surface area contributed by atoms with Gasteiger partial charge in [-0.3, -0.25) is 0 Å². The van der Waals surface area contributed by atoms with Crippen LogP contribution in [-0.4, -0.2) is 27.9 Å². The van der Waals surface area contributed by atoms with Gasteiger partial charge in [-0.25, -0.2) is 9.37 Å². The maximum Gasteiger partial charge on any atom is 0.204 e. The molecule has 1 aromatic heterocycles. The van der Waals surface area contributed by atoms with Crippen LogP contribution in [0.25, 0.3) is 11.0 Å². The van der Waals surface area contributed by atoms with Crippen molar-refractivity contribution in [1.82, 2.24) is 9.97 Å². The quantitative estimate of drug-likeness (QED) is 0.861. The number of aromatic nitrogens is 2. The molecule has 0 bridgehead atoms. The first kappa shape index (κ1) is 12.0. The van der Waals surface area contributed by atoms with Crippen LogP contribution in [0.2, 0.25) is 0 Å². The molecule has 2 aromatic rings. The lowest BCUT2D eigenvalue weighted by Crippen LogP contribution is -2.41. The Hall–Kier alpha value is -1.10. The number of aromatic amines is 1. The fourth-order valence-electron chi connectivity index (χ4n) is 2.54. The SMILES string of the molecule is Fc1ccc2nc(N3CCCCC3CBr)[nH]c2c1. The predicted octanol–water partition coefficient (Wildman–Crippen LogP) is 3.46. The van der Waals surface area contributed by atoms with E-state index in [-0.39, 0.29) is 5.82 Å². The predicted molar refractivity (Wildman–Crippen MR) is 74.8 cm³/mol. The standard InChI is InChI=1S/C13H15BrFN3/c14-8-10-3-1-2-6-18(10)13-16-11-5-4-9(15)7-12(11)17-13/h4-5,7,10H,1-3,6,8H2,(H,16,17). The number of anilines is 1. The summed E-state index contributed by atoms with van der Waals surface area (Å²) in [5.41, 5.74) is 1.59. The molecule has 1 aliphatic rings. The molecule has 1 atom stereocenters. The monoisotopic (exact) mass is 311 g/mol. The Morgan fingerprint density at radius 1 is 1.44 bits per heavy atom. The molecule has 1 saturated heterocycles. The van der Waals surface area contributed by atoms with Crippen molar-refractivity contribution >= 4 is 32.9 Å². The van der Waals surface area contributed by atoms with Crippen molar-refractivity contribution in [2.75, 3.05) is 16.8 Å². The molecule has 96 valence electrons. The number of imidazole rings is 1. The summed E-state index contributed by atoms with van der Waals surface area (Å²) in [6, 6.07) is 5.14. The van der Waals surface area contributed by atoms with Crippen LogP contribution < -0.4 is 4.90 Å². The molecule has 0 spiro atoms. The van der Waals surface area contributed by atoms with Crippen LogP contribution in [0.1, 0.15) is 19.3 Å². The van der Waals surface area contributed by atoms with Crippen LogP contribution in [0, 0.1) is 5.82 Å². The summed E-state index contributed by atoms with van der Waals surface area (Å²) in [6.07, 6.45) is 3.63. The van der Waals surface area contributed by atoms with Gasteiger partial charge >= 0.3 is 0 Å². The summed E-state index contributed by atoms with van der Waals surface area (Å²) in [6.45, 7) is 1.01. The minimum Gasteiger partial charge on any atom is -0.339 e. The summed E-state index contributed by atoms with van der Waals surface area (Å²) >= 11 is 3.56. The second-order valence-electron chi connectivity index (χ2n) is 4.72. The summed E-state index contributed by atoms with van der Waals surface area (Å²) in [5.74, 6) is 0.633. The Morgan fingerprint density at radius 2 is 2.33 bits per heavy atom. The maximum absolute atomic E-state index is 13.2. The molecule has 0 amide bonds. The highest BCUT2D eigenvalue weighted by atomic mass is 79.9. The number of H-pyrrole nitrogens is 1. The Balaban J connectivity index is 1.97. The van der Waals surface area contributed by atoms with E-state index in [1.165, 1.54) is 31.4 Å². The molecule has 0 saturated carbocycles. The van der Waals surface area contributed by atoms with Gasteiger partial charge in [0.1, 0.15) is 5.82 Å². The number of piperidine rings is 1. The van der Waals surface area contributed by atoms with Gasteiger partial charge in [0.2, 0.25) is 5.95 Å².